The second-order valence-corrected chi connectivity index (χ2v) is 10.6. The summed E-state index contributed by atoms with van der Waals surface area (Å²) in [5.74, 6) is 1.58. The summed E-state index contributed by atoms with van der Waals surface area (Å²) in [5.41, 5.74) is 3.88. The zero-order chi connectivity index (χ0) is 23.7. The molecule has 0 amide bonds. The third-order valence-corrected chi connectivity index (χ3v) is 7.92. The van der Waals surface area contributed by atoms with Crippen molar-refractivity contribution >= 4 is 86.8 Å². The molecule has 1 aliphatic heterocycles. The number of fused-ring (bicyclic) bond motifs is 1. The second-order valence-electron chi connectivity index (χ2n) is 8.01. The van der Waals surface area contributed by atoms with Gasteiger partial charge in [-0.3, -0.25) is 9.36 Å². The number of hydrogen-bond acceptors (Lipinski definition) is 6. The first kappa shape index (κ1) is 28.8. The highest BCUT2D eigenvalue weighted by atomic mass is 79.9. The molecule has 0 aliphatic carbocycles. The number of aryl methyl sites for hydroxylation is 1. The number of hydrogen-bond donors (Lipinski definition) is 2. The van der Waals surface area contributed by atoms with Crippen LogP contribution in [0.1, 0.15) is 17.7 Å². The van der Waals surface area contributed by atoms with E-state index in [1.807, 2.05) is 49.0 Å². The van der Waals surface area contributed by atoms with Crippen LogP contribution in [0.2, 0.25) is 5.02 Å². The largest absolute Gasteiger partial charge is 0.324 e. The highest BCUT2D eigenvalue weighted by molar-refractivity contribution is 9.10. The van der Waals surface area contributed by atoms with Gasteiger partial charge in [0.2, 0.25) is 5.95 Å². The fraction of sp³-hybridized carbons (Fsp3) is 0.240. The Balaban J connectivity index is 0.00000180. The van der Waals surface area contributed by atoms with Crippen LogP contribution in [0.15, 0.2) is 64.0 Å². The minimum absolute atomic E-state index is 0. The van der Waals surface area contributed by atoms with Crippen LogP contribution in [-0.4, -0.2) is 33.4 Å². The summed E-state index contributed by atoms with van der Waals surface area (Å²) in [4.78, 5) is 22.5. The van der Waals surface area contributed by atoms with Crippen molar-refractivity contribution < 1.29 is 0 Å². The van der Waals surface area contributed by atoms with Gasteiger partial charge in [-0.05, 0) is 42.8 Å². The molecule has 1 fully saturated rings. The van der Waals surface area contributed by atoms with Crippen molar-refractivity contribution in [2.45, 2.75) is 18.7 Å². The molecule has 11 heteroatoms. The molecule has 1 atom stereocenters. The lowest BCUT2D eigenvalue weighted by molar-refractivity contribution is 0.689. The van der Waals surface area contributed by atoms with Gasteiger partial charge in [0.15, 0.2) is 0 Å². The van der Waals surface area contributed by atoms with Gasteiger partial charge in [0.05, 0.1) is 0 Å². The standard InChI is InChI=1S/C25H23BrClN5OS.2ClH/c1-2-32-23-16(11-20(24(32)33)19-8-5-17(26)12-21(19)27)13-29-25(31-23)30-18-6-3-15(4-7-18)22-14-28-9-10-34-22;;/h3-8,11-13,22,28H,2,9-10,14H2,1H3,(H,29,30,31);2*1H. The summed E-state index contributed by atoms with van der Waals surface area (Å²) < 4.78 is 2.52. The number of thioether (sulfide) groups is 1. The molecule has 2 aromatic carbocycles. The van der Waals surface area contributed by atoms with E-state index < -0.39 is 0 Å². The van der Waals surface area contributed by atoms with Gasteiger partial charge < -0.3 is 10.6 Å². The average Bonchev–Trinajstić information content (AvgIpc) is 2.85. The zero-order valence-corrected chi connectivity index (χ0v) is 24.1. The van der Waals surface area contributed by atoms with Gasteiger partial charge in [0, 0.05) is 68.5 Å². The quantitative estimate of drug-likeness (QED) is 0.252. The zero-order valence-electron chi connectivity index (χ0n) is 19.3. The molecule has 2 aromatic heterocycles. The van der Waals surface area contributed by atoms with Crippen molar-refractivity contribution in [3.8, 4) is 11.1 Å². The number of rotatable bonds is 5. The molecule has 0 saturated carbocycles. The molecule has 1 aliphatic rings. The van der Waals surface area contributed by atoms with Crippen LogP contribution in [0, 0.1) is 0 Å². The van der Waals surface area contributed by atoms with E-state index in [1.165, 1.54) is 5.56 Å². The molecule has 1 unspecified atom stereocenters. The molecule has 2 N–H and O–H groups in total. The van der Waals surface area contributed by atoms with Crippen molar-refractivity contribution in [1.29, 1.82) is 0 Å². The Labute approximate surface area is 239 Å². The van der Waals surface area contributed by atoms with Crippen LogP contribution in [0.5, 0.6) is 0 Å². The molecular weight excluding hydrogens is 605 g/mol. The van der Waals surface area contributed by atoms with E-state index in [-0.39, 0.29) is 30.4 Å². The second kappa shape index (κ2) is 12.6. The molecule has 0 radical (unpaired) electrons. The molecule has 1 saturated heterocycles. The average molecular weight is 630 g/mol. The van der Waals surface area contributed by atoms with Crippen molar-refractivity contribution in [3.05, 3.63) is 80.1 Å². The Morgan fingerprint density at radius 3 is 2.61 bits per heavy atom. The van der Waals surface area contributed by atoms with Gasteiger partial charge in [-0.15, -0.1) is 24.8 Å². The highest BCUT2D eigenvalue weighted by Crippen LogP contribution is 2.32. The third-order valence-electron chi connectivity index (χ3n) is 5.83. The van der Waals surface area contributed by atoms with Gasteiger partial charge in [-0.25, -0.2) is 4.98 Å². The highest BCUT2D eigenvalue weighted by Gasteiger charge is 2.17. The molecule has 3 heterocycles. The van der Waals surface area contributed by atoms with Crippen LogP contribution in [0.4, 0.5) is 11.6 Å². The summed E-state index contributed by atoms with van der Waals surface area (Å²) in [6.07, 6.45) is 1.74. The van der Waals surface area contributed by atoms with Gasteiger partial charge >= 0.3 is 0 Å². The van der Waals surface area contributed by atoms with E-state index in [1.54, 1.807) is 16.8 Å². The van der Waals surface area contributed by atoms with E-state index in [0.29, 0.717) is 39.5 Å². The van der Waals surface area contributed by atoms with Crippen molar-refractivity contribution in [2.75, 3.05) is 24.2 Å². The van der Waals surface area contributed by atoms with Crippen molar-refractivity contribution in [3.63, 3.8) is 0 Å². The maximum absolute atomic E-state index is 13.3. The Hall–Kier alpha value is -1.81. The fourth-order valence-electron chi connectivity index (χ4n) is 4.10. The number of nitrogens with zero attached hydrogens (tertiary/aromatic N) is 3. The lowest BCUT2D eigenvalue weighted by atomic mass is 10.1. The van der Waals surface area contributed by atoms with E-state index in [9.17, 15) is 4.79 Å². The van der Waals surface area contributed by atoms with E-state index >= 15 is 0 Å². The van der Waals surface area contributed by atoms with Gasteiger partial charge in [0.1, 0.15) is 5.65 Å². The molecule has 5 rings (SSSR count). The molecule has 4 aromatic rings. The molecule has 190 valence electrons. The van der Waals surface area contributed by atoms with Gasteiger partial charge in [-0.2, -0.15) is 16.7 Å². The van der Waals surface area contributed by atoms with Crippen molar-refractivity contribution in [1.82, 2.24) is 19.9 Å². The lowest BCUT2D eigenvalue weighted by Gasteiger charge is -2.22. The third kappa shape index (κ3) is 6.01. The minimum Gasteiger partial charge on any atom is -0.324 e. The molecule has 0 spiro atoms. The van der Waals surface area contributed by atoms with Gasteiger partial charge in [0.25, 0.3) is 5.56 Å². The number of benzene rings is 2. The normalized spacial score (nSPS) is 15.1. The Morgan fingerprint density at radius 2 is 1.94 bits per heavy atom. The molecular formula is C25H25BrCl3N5OS. The smallest absolute Gasteiger partial charge is 0.260 e. The van der Waals surface area contributed by atoms with E-state index in [0.717, 1.165) is 34.4 Å². The minimum atomic E-state index is -0.133. The Kier molecular flexibility index (Phi) is 10.1. The maximum atomic E-state index is 13.3. The summed E-state index contributed by atoms with van der Waals surface area (Å²) in [5, 5.41) is 8.49. The number of aromatic nitrogens is 3. The summed E-state index contributed by atoms with van der Waals surface area (Å²) in [6, 6.07) is 15.7. The molecule has 0 bridgehead atoms. The monoisotopic (exact) mass is 627 g/mol. The Bertz CT molecular complexity index is 1410. The number of nitrogens with one attached hydrogen (secondary N) is 2. The fourth-order valence-corrected chi connectivity index (χ4v) is 6.01. The van der Waals surface area contributed by atoms with Crippen LogP contribution >= 0.6 is 64.1 Å². The molecule has 36 heavy (non-hydrogen) atoms. The summed E-state index contributed by atoms with van der Waals surface area (Å²) >= 11 is 11.8. The number of halogens is 4. The summed E-state index contributed by atoms with van der Waals surface area (Å²) in [7, 11) is 0. The van der Waals surface area contributed by atoms with Crippen molar-refractivity contribution in [2.24, 2.45) is 0 Å². The van der Waals surface area contributed by atoms with E-state index in [4.69, 9.17) is 11.6 Å². The number of pyridine rings is 1. The lowest BCUT2D eigenvalue weighted by Crippen LogP contribution is -2.28. The topological polar surface area (TPSA) is 71.8 Å². The van der Waals surface area contributed by atoms with Crippen LogP contribution in [-0.2, 0) is 6.54 Å². The van der Waals surface area contributed by atoms with Crippen LogP contribution in [0.25, 0.3) is 22.2 Å². The molecule has 6 nitrogen and oxygen atoms in total. The predicted molar refractivity (Wildman–Crippen MR) is 160 cm³/mol. The first-order chi connectivity index (χ1) is 16.5. The first-order valence-corrected chi connectivity index (χ1v) is 13.3. The van der Waals surface area contributed by atoms with Gasteiger partial charge in [-0.1, -0.05) is 45.7 Å². The SMILES string of the molecule is CCn1c(=O)c(-c2ccc(Br)cc2Cl)cc2cnc(Nc3ccc(C4CNCCS4)cc3)nc21.Cl.Cl. The van der Waals surface area contributed by atoms with Crippen LogP contribution < -0.4 is 16.2 Å². The predicted octanol–water partition coefficient (Wildman–Crippen LogP) is 6.86. The maximum Gasteiger partial charge on any atom is 0.260 e. The first-order valence-electron chi connectivity index (χ1n) is 11.1. The summed E-state index contributed by atoms with van der Waals surface area (Å²) in [6.45, 7) is 4.48. The number of anilines is 2. The van der Waals surface area contributed by atoms with Crippen LogP contribution in [0.3, 0.4) is 0 Å². The Morgan fingerprint density at radius 1 is 1.17 bits per heavy atom. The van der Waals surface area contributed by atoms with E-state index in [2.05, 4.69) is 48.7 Å².